The molecular formula is C38H25N5O. The van der Waals surface area contributed by atoms with Crippen molar-refractivity contribution >= 4 is 77.8 Å². The quantitative estimate of drug-likeness (QED) is 0.213. The van der Waals surface area contributed by atoms with E-state index in [-0.39, 0.29) is 0 Å². The third kappa shape index (κ3) is 3.36. The van der Waals surface area contributed by atoms with E-state index >= 15 is 0 Å². The maximum absolute atomic E-state index is 6.74. The highest BCUT2D eigenvalue weighted by Crippen LogP contribution is 2.44. The topological polar surface area (TPSA) is 69.6 Å². The summed E-state index contributed by atoms with van der Waals surface area (Å²) in [7, 11) is 0. The van der Waals surface area contributed by atoms with Crippen LogP contribution in [0, 0.1) is 0 Å². The molecule has 0 aliphatic heterocycles. The molecule has 9 aromatic rings. The van der Waals surface area contributed by atoms with Crippen LogP contribution in [0.1, 0.15) is 13.8 Å². The van der Waals surface area contributed by atoms with Gasteiger partial charge in [-0.3, -0.25) is 4.57 Å². The van der Waals surface area contributed by atoms with Crippen molar-refractivity contribution in [3.05, 3.63) is 114 Å². The van der Waals surface area contributed by atoms with Gasteiger partial charge in [-0.05, 0) is 32.0 Å². The second kappa shape index (κ2) is 9.31. The Bertz CT molecular complexity index is 2740. The first-order valence-corrected chi connectivity index (χ1v) is 14.7. The van der Waals surface area contributed by atoms with Gasteiger partial charge < -0.3 is 4.42 Å². The normalized spacial score (nSPS) is 13.0. The molecule has 4 aromatic heterocycles. The summed E-state index contributed by atoms with van der Waals surface area (Å²) in [4.78, 5) is 20.9. The average molecular weight is 568 g/mol. The third-order valence-corrected chi connectivity index (χ3v) is 8.50. The lowest BCUT2D eigenvalue weighted by Gasteiger charge is -2.12. The van der Waals surface area contributed by atoms with Gasteiger partial charge in [0.05, 0.1) is 32.8 Å². The smallest absolute Gasteiger partial charge is 0.235 e. The highest BCUT2D eigenvalue weighted by atomic mass is 16.3. The molecule has 208 valence electrons. The summed E-state index contributed by atoms with van der Waals surface area (Å²) in [5, 5.41) is 6.64. The van der Waals surface area contributed by atoms with Crippen LogP contribution in [0.15, 0.2) is 108 Å². The molecule has 0 unspecified atom stereocenters. The van der Waals surface area contributed by atoms with Gasteiger partial charge in [0.2, 0.25) is 5.95 Å². The van der Waals surface area contributed by atoms with Gasteiger partial charge in [-0.1, -0.05) is 97.1 Å². The minimum atomic E-state index is 0.573. The number of furan rings is 1. The second-order valence-corrected chi connectivity index (χ2v) is 10.9. The first kappa shape index (κ1) is 24.7. The van der Waals surface area contributed by atoms with E-state index in [0.29, 0.717) is 5.95 Å². The first-order chi connectivity index (χ1) is 21.7. The summed E-state index contributed by atoms with van der Waals surface area (Å²) in [5.74, 6) is 0.573. The van der Waals surface area contributed by atoms with Crippen molar-refractivity contribution in [2.45, 2.75) is 13.8 Å². The van der Waals surface area contributed by atoms with Crippen molar-refractivity contribution in [1.82, 2.24) is 24.5 Å². The Kier molecular flexibility index (Phi) is 5.23. The van der Waals surface area contributed by atoms with Crippen LogP contribution in [0.3, 0.4) is 0 Å². The zero-order valence-corrected chi connectivity index (χ0v) is 24.1. The van der Waals surface area contributed by atoms with Crippen LogP contribution in [-0.2, 0) is 0 Å². The van der Waals surface area contributed by atoms with Crippen LogP contribution in [0.2, 0.25) is 0 Å². The molecule has 0 N–H and O–H groups in total. The Morgan fingerprint density at radius 2 is 1.23 bits per heavy atom. The number of hydrogen-bond acceptors (Lipinski definition) is 5. The number of fused-ring (bicyclic) bond motifs is 11. The molecule has 0 spiro atoms. The molecule has 5 aromatic carbocycles. The molecule has 0 amide bonds. The zero-order valence-electron chi connectivity index (χ0n) is 24.1. The van der Waals surface area contributed by atoms with E-state index in [0.717, 1.165) is 87.6 Å². The van der Waals surface area contributed by atoms with E-state index < -0.39 is 0 Å². The Morgan fingerprint density at radius 3 is 2.00 bits per heavy atom. The van der Waals surface area contributed by atoms with Gasteiger partial charge in [0.15, 0.2) is 5.58 Å². The maximum Gasteiger partial charge on any atom is 0.235 e. The number of hydrogen-bond donors (Lipinski definition) is 0. The Morgan fingerprint density at radius 1 is 0.591 bits per heavy atom. The van der Waals surface area contributed by atoms with E-state index in [1.165, 1.54) is 0 Å². The highest BCUT2D eigenvalue weighted by molar-refractivity contribution is 6.33. The van der Waals surface area contributed by atoms with Crippen LogP contribution < -0.4 is 10.7 Å². The molecule has 0 radical (unpaired) electrons. The molecule has 44 heavy (non-hydrogen) atoms. The number of aromatic nitrogens is 5. The van der Waals surface area contributed by atoms with Gasteiger partial charge in [0.25, 0.3) is 0 Å². The maximum atomic E-state index is 6.74. The largest absolute Gasteiger partial charge is 0.454 e. The molecule has 0 aliphatic rings. The van der Waals surface area contributed by atoms with E-state index in [1.807, 2.05) is 80.6 Å². The molecular weight excluding hydrogens is 542 g/mol. The fourth-order valence-electron chi connectivity index (χ4n) is 6.56. The Labute approximate surface area is 251 Å². The predicted molar refractivity (Wildman–Crippen MR) is 179 cm³/mol. The Hall–Kier alpha value is -5.88. The van der Waals surface area contributed by atoms with E-state index in [2.05, 4.69) is 53.1 Å². The van der Waals surface area contributed by atoms with E-state index in [9.17, 15) is 0 Å². The number of rotatable bonds is 2. The minimum absolute atomic E-state index is 0.573. The van der Waals surface area contributed by atoms with Gasteiger partial charge in [0, 0.05) is 27.1 Å². The van der Waals surface area contributed by atoms with Crippen molar-refractivity contribution in [2.75, 3.05) is 0 Å². The minimum Gasteiger partial charge on any atom is -0.454 e. The molecule has 0 aliphatic carbocycles. The van der Waals surface area contributed by atoms with Crippen molar-refractivity contribution < 1.29 is 4.42 Å². The van der Waals surface area contributed by atoms with Crippen molar-refractivity contribution in [3.8, 4) is 17.2 Å². The van der Waals surface area contributed by atoms with Crippen LogP contribution >= 0.6 is 0 Å². The fraction of sp³-hybridized carbons (Fsp3) is 0.0526. The van der Waals surface area contributed by atoms with E-state index in [4.69, 9.17) is 24.4 Å². The van der Waals surface area contributed by atoms with Crippen molar-refractivity contribution in [1.29, 1.82) is 0 Å². The van der Waals surface area contributed by atoms with Gasteiger partial charge in [-0.15, -0.1) is 0 Å². The predicted octanol–water partition coefficient (Wildman–Crippen LogP) is 7.84. The monoisotopic (exact) mass is 567 g/mol. The lowest BCUT2D eigenvalue weighted by molar-refractivity contribution is 0.671. The Balaban J connectivity index is 1.56. The molecule has 6 heteroatoms. The average Bonchev–Trinajstić information content (AvgIpc) is 3.64. The standard InChI is InChI=1S/C38H25N5O/c1-3-26-27(4-2)40-35-32-25-18-10-13-21-30(25)44-37(32)36-31(34(35)39-26)24-17-9-12-20-29(24)43(36)38-41-28-19-11-8-16-23(28)33(42-38)22-14-6-5-7-15-22/h3-21H,1-2H3/b26-3+,27-4+. The van der Waals surface area contributed by atoms with Crippen LogP contribution in [0.4, 0.5) is 0 Å². The lowest BCUT2D eigenvalue weighted by atomic mass is 10.1. The third-order valence-electron chi connectivity index (χ3n) is 8.50. The van der Waals surface area contributed by atoms with E-state index in [1.54, 1.807) is 0 Å². The van der Waals surface area contributed by atoms with Gasteiger partial charge in [0.1, 0.15) is 22.1 Å². The molecule has 9 rings (SSSR count). The number of para-hydroxylation sites is 3. The van der Waals surface area contributed by atoms with Crippen LogP contribution in [0.25, 0.3) is 95.0 Å². The first-order valence-electron chi connectivity index (χ1n) is 14.7. The zero-order chi connectivity index (χ0) is 29.4. The summed E-state index contributed by atoms with van der Waals surface area (Å²) < 4.78 is 8.88. The van der Waals surface area contributed by atoms with Gasteiger partial charge in [-0.2, -0.15) is 0 Å². The summed E-state index contributed by atoms with van der Waals surface area (Å²) >= 11 is 0. The number of nitrogens with zero attached hydrogens (tertiary/aromatic N) is 5. The summed E-state index contributed by atoms with van der Waals surface area (Å²) in [6, 6.07) is 35.0. The molecule has 0 saturated heterocycles. The molecule has 0 atom stereocenters. The second-order valence-electron chi connectivity index (χ2n) is 10.9. The number of benzene rings is 5. The molecule has 0 saturated carbocycles. The fourth-order valence-corrected chi connectivity index (χ4v) is 6.56. The lowest BCUT2D eigenvalue weighted by Crippen LogP contribution is -2.31. The molecule has 4 heterocycles. The van der Waals surface area contributed by atoms with Crippen LogP contribution in [0.5, 0.6) is 0 Å². The summed E-state index contributed by atoms with van der Waals surface area (Å²) in [6.45, 7) is 4.00. The molecule has 6 nitrogen and oxygen atoms in total. The highest BCUT2D eigenvalue weighted by Gasteiger charge is 2.26. The molecule has 0 fully saturated rings. The summed E-state index contributed by atoms with van der Waals surface area (Å²) in [5.41, 5.74) is 7.83. The SMILES string of the molecule is C/C=c1/nc2c(n/c1=C/C)c1c3ccccc3n(-c3nc(-c4ccccc4)c4ccccc4n3)c1c1oc3ccccc3c21. The molecule has 0 bridgehead atoms. The summed E-state index contributed by atoms with van der Waals surface area (Å²) in [6.07, 6.45) is 4.03. The van der Waals surface area contributed by atoms with Crippen LogP contribution in [-0.4, -0.2) is 24.5 Å². The van der Waals surface area contributed by atoms with Gasteiger partial charge in [-0.25, -0.2) is 19.9 Å². The van der Waals surface area contributed by atoms with Crippen molar-refractivity contribution in [3.63, 3.8) is 0 Å². The van der Waals surface area contributed by atoms with Gasteiger partial charge >= 0.3 is 0 Å². The van der Waals surface area contributed by atoms with Crippen molar-refractivity contribution in [2.24, 2.45) is 0 Å².